The number of hydrogen-bond acceptors (Lipinski definition) is 3. The molecule has 0 aliphatic rings. The van der Waals surface area contributed by atoms with Crippen molar-refractivity contribution in [2.45, 2.75) is 38.6 Å². The van der Waals surface area contributed by atoms with Crippen molar-refractivity contribution in [1.29, 1.82) is 5.26 Å². The van der Waals surface area contributed by atoms with Gasteiger partial charge >= 0.3 is 0 Å². The Morgan fingerprint density at radius 1 is 1.15 bits per heavy atom. The molecule has 0 bridgehead atoms. The van der Waals surface area contributed by atoms with Crippen molar-refractivity contribution in [2.75, 3.05) is 0 Å². The van der Waals surface area contributed by atoms with Crippen LogP contribution >= 0.6 is 0 Å². The number of rotatable bonds is 5. The number of carbonyl (C=O) groups is 2. The molecule has 5 heteroatoms. The lowest BCUT2D eigenvalue weighted by molar-refractivity contribution is -0.119. The maximum absolute atomic E-state index is 12.5. The molecule has 26 heavy (non-hydrogen) atoms. The third kappa shape index (κ3) is 4.93. The molecule has 0 saturated carbocycles. The van der Waals surface area contributed by atoms with Crippen LogP contribution in [0.25, 0.3) is 0 Å². The van der Waals surface area contributed by atoms with Gasteiger partial charge in [-0.25, -0.2) is 0 Å². The quantitative estimate of drug-likeness (QED) is 0.868. The van der Waals surface area contributed by atoms with E-state index in [1.54, 1.807) is 36.4 Å². The van der Waals surface area contributed by atoms with Crippen molar-refractivity contribution in [1.82, 2.24) is 5.32 Å². The van der Waals surface area contributed by atoms with Crippen LogP contribution in [-0.2, 0) is 16.6 Å². The summed E-state index contributed by atoms with van der Waals surface area (Å²) in [5, 5.41) is 11.6. The van der Waals surface area contributed by atoms with E-state index in [9.17, 15) is 9.59 Å². The van der Waals surface area contributed by atoms with Crippen LogP contribution in [0.15, 0.2) is 48.5 Å². The molecule has 0 aliphatic heterocycles. The van der Waals surface area contributed by atoms with Crippen LogP contribution < -0.4 is 11.1 Å². The molecule has 134 valence electrons. The van der Waals surface area contributed by atoms with Crippen LogP contribution in [0.3, 0.4) is 0 Å². The van der Waals surface area contributed by atoms with Crippen LogP contribution in [0.2, 0.25) is 0 Å². The van der Waals surface area contributed by atoms with E-state index in [-0.39, 0.29) is 17.7 Å². The maximum atomic E-state index is 12.5. The van der Waals surface area contributed by atoms with Crippen LogP contribution in [0.4, 0.5) is 0 Å². The first-order chi connectivity index (χ1) is 12.2. The normalized spacial score (nSPS) is 12.1. The highest BCUT2D eigenvalue weighted by molar-refractivity contribution is 5.97. The van der Waals surface area contributed by atoms with E-state index in [2.05, 4.69) is 32.2 Å². The Hall–Kier alpha value is -3.13. The lowest BCUT2D eigenvalue weighted by atomic mass is 9.86. The van der Waals surface area contributed by atoms with E-state index in [1.807, 2.05) is 12.1 Å². The number of carbonyl (C=O) groups excluding carboxylic acids is 2. The topological polar surface area (TPSA) is 96.0 Å². The van der Waals surface area contributed by atoms with Gasteiger partial charge in [0.15, 0.2) is 0 Å². The minimum Gasteiger partial charge on any atom is -0.368 e. The average molecular weight is 349 g/mol. The Labute approximate surface area is 153 Å². The fourth-order valence-corrected chi connectivity index (χ4v) is 2.59. The Kier molecular flexibility index (Phi) is 5.78. The summed E-state index contributed by atoms with van der Waals surface area (Å²) in [6.45, 7) is 6.29. The number of primary amides is 1. The summed E-state index contributed by atoms with van der Waals surface area (Å²) in [6, 6.07) is 15.4. The molecule has 2 aromatic rings. The second kappa shape index (κ2) is 7.83. The molecule has 2 rings (SSSR count). The van der Waals surface area contributed by atoms with Gasteiger partial charge in [-0.15, -0.1) is 0 Å². The molecule has 3 N–H and O–H groups in total. The van der Waals surface area contributed by atoms with Crippen molar-refractivity contribution in [3.05, 3.63) is 70.8 Å². The summed E-state index contributed by atoms with van der Waals surface area (Å²) in [4.78, 5) is 24.2. The molecule has 5 nitrogen and oxygen atoms in total. The molecular formula is C21H23N3O2. The highest BCUT2D eigenvalue weighted by Gasteiger charge is 2.20. The molecule has 0 aromatic heterocycles. The van der Waals surface area contributed by atoms with E-state index >= 15 is 0 Å². The Balaban J connectivity index is 2.13. The zero-order valence-corrected chi connectivity index (χ0v) is 15.2. The summed E-state index contributed by atoms with van der Waals surface area (Å²) in [6.07, 6.45) is 0.233. The number of nitriles is 1. The first-order valence-corrected chi connectivity index (χ1v) is 8.40. The SMILES string of the molecule is CC(C)(C)c1ccc(C(=O)N[C@H](Cc2cccc(C#N)c2)C(N)=O)cc1. The standard InChI is InChI=1S/C21H23N3O2/c1-21(2,3)17-9-7-16(8-10-17)20(26)24-18(19(23)25)12-14-5-4-6-15(11-14)13-22/h4-11,18H,12H2,1-3H3,(H2,23,25)(H,24,26)/t18-/m1/s1. The van der Waals surface area contributed by atoms with Crippen molar-refractivity contribution in [3.8, 4) is 6.07 Å². The minimum absolute atomic E-state index is 0.00345. The fraction of sp³-hybridized carbons (Fsp3) is 0.286. The highest BCUT2D eigenvalue weighted by atomic mass is 16.2. The van der Waals surface area contributed by atoms with Gasteiger partial charge in [0.2, 0.25) is 5.91 Å². The third-order valence-corrected chi connectivity index (χ3v) is 4.16. The summed E-state index contributed by atoms with van der Waals surface area (Å²) in [7, 11) is 0. The van der Waals surface area contributed by atoms with E-state index < -0.39 is 11.9 Å². The largest absolute Gasteiger partial charge is 0.368 e. The van der Waals surface area contributed by atoms with E-state index in [0.29, 0.717) is 11.1 Å². The van der Waals surface area contributed by atoms with Gasteiger partial charge in [0.05, 0.1) is 11.6 Å². The third-order valence-electron chi connectivity index (χ3n) is 4.16. The summed E-state index contributed by atoms with van der Waals surface area (Å²) in [5.41, 5.74) is 8.28. The van der Waals surface area contributed by atoms with Gasteiger partial charge in [-0.1, -0.05) is 45.0 Å². The number of amides is 2. The van der Waals surface area contributed by atoms with Crippen LogP contribution in [0.1, 0.15) is 47.8 Å². The van der Waals surface area contributed by atoms with Gasteiger partial charge in [-0.05, 0) is 40.8 Å². The summed E-state index contributed by atoms with van der Waals surface area (Å²) in [5.74, 6) is -0.974. The van der Waals surface area contributed by atoms with Gasteiger partial charge in [0.1, 0.15) is 6.04 Å². The van der Waals surface area contributed by atoms with Gasteiger partial charge in [-0.3, -0.25) is 9.59 Å². The van der Waals surface area contributed by atoms with Gasteiger partial charge in [-0.2, -0.15) is 5.26 Å². The van der Waals surface area contributed by atoms with Gasteiger partial charge in [0.25, 0.3) is 5.91 Å². The second-order valence-corrected chi connectivity index (χ2v) is 7.27. The molecule has 0 heterocycles. The number of hydrogen-bond donors (Lipinski definition) is 2. The Morgan fingerprint density at radius 2 is 1.81 bits per heavy atom. The Bertz CT molecular complexity index is 843. The zero-order valence-electron chi connectivity index (χ0n) is 15.2. The van der Waals surface area contributed by atoms with Crippen molar-refractivity contribution in [2.24, 2.45) is 5.73 Å². The van der Waals surface area contributed by atoms with Crippen LogP contribution in [0.5, 0.6) is 0 Å². The summed E-state index contributed by atoms with van der Waals surface area (Å²) >= 11 is 0. The maximum Gasteiger partial charge on any atom is 0.251 e. The predicted octanol–water partition coefficient (Wildman–Crippen LogP) is 2.68. The van der Waals surface area contributed by atoms with Crippen molar-refractivity contribution >= 4 is 11.8 Å². The monoisotopic (exact) mass is 349 g/mol. The molecule has 0 unspecified atom stereocenters. The smallest absolute Gasteiger partial charge is 0.251 e. The molecule has 2 amide bonds. The average Bonchev–Trinajstić information content (AvgIpc) is 2.60. The number of benzene rings is 2. The van der Waals surface area contributed by atoms with Crippen LogP contribution in [0, 0.1) is 11.3 Å². The number of nitrogens with one attached hydrogen (secondary N) is 1. The van der Waals surface area contributed by atoms with Crippen molar-refractivity contribution in [3.63, 3.8) is 0 Å². The molecule has 1 atom stereocenters. The fourth-order valence-electron chi connectivity index (χ4n) is 2.59. The molecule has 0 fully saturated rings. The van der Waals surface area contributed by atoms with Gasteiger partial charge < -0.3 is 11.1 Å². The van der Waals surface area contributed by atoms with E-state index in [1.165, 1.54) is 0 Å². The van der Waals surface area contributed by atoms with Gasteiger partial charge in [0, 0.05) is 12.0 Å². The molecule has 0 spiro atoms. The van der Waals surface area contributed by atoms with Crippen molar-refractivity contribution < 1.29 is 9.59 Å². The lowest BCUT2D eigenvalue weighted by Gasteiger charge is -2.19. The van der Waals surface area contributed by atoms with Crippen LogP contribution in [-0.4, -0.2) is 17.9 Å². The first-order valence-electron chi connectivity index (χ1n) is 8.40. The minimum atomic E-state index is -0.848. The van der Waals surface area contributed by atoms with E-state index in [0.717, 1.165) is 11.1 Å². The molecule has 2 aromatic carbocycles. The molecule has 0 saturated heterocycles. The molecule has 0 aliphatic carbocycles. The highest BCUT2D eigenvalue weighted by Crippen LogP contribution is 2.22. The second-order valence-electron chi connectivity index (χ2n) is 7.27. The molecule has 0 radical (unpaired) electrons. The van der Waals surface area contributed by atoms with E-state index in [4.69, 9.17) is 11.0 Å². The lowest BCUT2D eigenvalue weighted by Crippen LogP contribution is -2.45. The predicted molar refractivity (Wildman–Crippen MR) is 100 cm³/mol. The summed E-state index contributed by atoms with van der Waals surface area (Å²) < 4.78 is 0. The Morgan fingerprint density at radius 3 is 2.35 bits per heavy atom. The number of nitrogens with zero attached hydrogens (tertiary/aromatic N) is 1. The zero-order chi connectivity index (χ0) is 19.3. The first kappa shape index (κ1) is 19.2. The number of nitrogens with two attached hydrogens (primary N) is 1. The molecular weight excluding hydrogens is 326 g/mol.